The lowest BCUT2D eigenvalue weighted by Gasteiger charge is -2.18. The van der Waals surface area contributed by atoms with E-state index in [1.807, 2.05) is 0 Å². The number of ether oxygens (including phenoxy) is 2. The first-order chi connectivity index (χ1) is 16.2. The van der Waals surface area contributed by atoms with Gasteiger partial charge in [0.15, 0.2) is 12.0 Å². The lowest BCUT2D eigenvalue weighted by atomic mass is 9.88. The van der Waals surface area contributed by atoms with Crippen LogP contribution in [0.5, 0.6) is 0 Å². The Morgan fingerprint density at radius 3 is 2.74 bits per heavy atom. The van der Waals surface area contributed by atoms with Gasteiger partial charge in [-0.05, 0) is 56.7 Å². The van der Waals surface area contributed by atoms with Crippen molar-refractivity contribution in [3.63, 3.8) is 0 Å². The summed E-state index contributed by atoms with van der Waals surface area (Å²) in [6.45, 7) is 5.08. The number of fused-ring (bicyclic) bond motifs is 2. The number of amides is 1. The quantitative estimate of drug-likeness (QED) is 0.519. The Labute approximate surface area is 199 Å². The zero-order valence-corrected chi connectivity index (χ0v) is 20.0. The highest BCUT2D eigenvalue weighted by molar-refractivity contribution is 7.17. The number of esters is 2. The van der Waals surface area contributed by atoms with Gasteiger partial charge in [-0.25, -0.2) is 9.59 Å². The third-order valence-electron chi connectivity index (χ3n) is 5.48. The van der Waals surface area contributed by atoms with Crippen LogP contribution in [0.15, 0.2) is 39.5 Å². The van der Waals surface area contributed by atoms with Gasteiger partial charge >= 0.3 is 11.9 Å². The van der Waals surface area contributed by atoms with Crippen molar-refractivity contribution in [1.82, 2.24) is 0 Å². The van der Waals surface area contributed by atoms with Crippen molar-refractivity contribution in [2.45, 2.75) is 46.1 Å². The molecule has 9 heteroatoms. The molecule has 1 aromatic carbocycles. The van der Waals surface area contributed by atoms with Crippen LogP contribution < -0.4 is 10.7 Å². The van der Waals surface area contributed by atoms with Crippen molar-refractivity contribution in [2.75, 3.05) is 11.9 Å². The molecule has 1 aliphatic carbocycles. The molecule has 1 amide bonds. The van der Waals surface area contributed by atoms with Gasteiger partial charge in [-0.15, -0.1) is 11.3 Å². The Bertz CT molecular complexity index is 1320. The fourth-order valence-electron chi connectivity index (χ4n) is 3.90. The molecule has 0 fully saturated rings. The monoisotopic (exact) mass is 483 g/mol. The average molecular weight is 484 g/mol. The summed E-state index contributed by atoms with van der Waals surface area (Å²) < 4.78 is 15.9. The Kier molecular flexibility index (Phi) is 6.83. The predicted molar refractivity (Wildman–Crippen MR) is 127 cm³/mol. The second-order valence-corrected chi connectivity index (χ2v) is 9.71. The molecular weight excluding hydrogens is 458 g/mol. The minimum absolute atomic E-state index is 0.248. The van der Waals surface area contributed by atoms with E-state index < -0.39 is 24.5 Å². The maximum Gasteiger partial charge on any atom is 0.374 e. The normalized spacial score (nSPS) is 15.1. The Balaban J connectivity index is 1.48. The molecule has 1 aliphatic rings. The summed E-state index contributed by atoms with van der Waals surface area (Å²) >= 11 is 1.35. The van der Waals surface area contributed by atoms with E-state index in [-0.39, 0.29) is 22.9 Å². The summed E-state index contributed by atoms with van der Waals surface area (Å²) in [4.78, 5) is 51.0. The van der Waals surface area contributed by atoms with Crippen molar-refractivity contribution in [1.29, 1.82) is 0 Å². The lowest BCUT2D eigenvalue weighted by Crippen LogP contribution is -2.23. The van der Waals surface area contributed by atoms with Crippen LogP contribution >= 0.6 is 11.3 Å². The van der Waals surface area contributed by atoms with Crippen molar-refractivity contribution in [3.8, 4) is 0 Å². The minimum Gasteiger partial charge on any atom is -0.459 e. The highest BCUT2D eigenvalue weighted by Crippen LogP contribution is 2.40. The number of carbonyl (C=O) groups is 3. The summed E-state index contributed by atoms with van der Waals surface area (Å²) in [5.41, 5.74) is 1.16. The molecule has 2 aromatic heterocycles. The van der Waals surface area contributed by atoms with E-state index in [1.54, 1.807) is 38.1 Å². The fraction of sp³-hybridized carbons (Fsp3) is 0.360. The van der Waals surface area contributed by atoms with Gasteiger partial charge in [0, 0.05) is 10.9 Å². The third-order valence-corrected chi connectivity index (χ3v) is 6.65. The van der Waals surface area contributed by atoms with Crippen LogP contribution in [0.25, 0.3) is 11.0 Å². The fourth-order valence-corrected chi connectivity index (χ4v) is 5.31. The molecule has 0 saturated carbocycles. The molecule has 3 aromatic rings. The van der Waals surface area contributed by atoms with Crippen molar-refractivity contribution < 1.29 is 28.3 Å². The van der Waals surface area contributed by atoms with Gasteiger partial charge in [0.2, 0.25) is 5.76 Å². The van der Waals surface area contributed by atoms with E-state index in [0.29, 0.717) is 21.9 Å². The maximum atomic E-state index is 12.8. The molecule has 1 unspecified atom stereocenters. The zero-order chi connectivity index (χ0) is 24.4. The highest BCUT2D eigenvalue weighted by Gasteiger charge is 2.30. The highest BCUT2D eigenvalue weighted by atomic mass is 32.1. The average Bonchev–Trinajstić information content (AvgIpc) is 3.13. The number of hydrogen-bond acceptors (Lipinski definition) is 8. The molecule has 0 aliphatic heterocycles. The first-order valence-corrected chi connectivity index (χ1v) is 11.9. The third kappa shape index (κ3) is 5.04. The van der Waals surface area contributed by atoms with Gasteiger partial charge in [0.05, 0.1) is 17.1 Å². The lowest BCUT2D eigenvalue weighted by molar-refractivity contribution is -0.119. The summed E-state index contributed by atoms with van der Waals surface area (Å²) in [6.07, 6.45) is 2.22. The number of hydrogen-bond donors (Lipinski definition) is 1. The Morgan fingerprint density at radius 2 is 1.97 bits per heavy atom. The molecule has 0 bridgehead atoms. The van der Waals surface area contributed by atoms with Crippen LogP contribution in [0.3, 0.4) is 0 Å². The molecular formula is C25H25NO7S. The number of carbonyl (C=O) groups excluding carboxylic acids is 3. The number of para-hydroxylation sites is 1. The number of nitrogens with one attached hydrogen (secondary N) is 1. The standard InChI is InChI=1S/C25H25NO7S/c1-13(2)32-25(30)22-16-9-8-14(3)10-20(16)34-23(22)26-21(28)12-31-24(29)19-11-17(27)15-6-4-5-7-18(15)33-19/h4-7,11,13-14H,8-10,12H2,1-3H3,(H,26,28). The largest absolute Gasteiger partial charge is 0.459 e. The van der Waals surface area contributed by atoms with E-state index in [9.17, 15) is 19.2 Å². The first kappa shape index (κ1) is 23.7. The van der Waals surface area contributed by atoms with Crippen LogP contribution in [-0.4, -0.2) is 30.6 Å². The molecule has 178 valence electrons. The van der Waals surface area contributed by atoms with Crippen LogP contribution in [0.4, 0.5) is 5.00 Å². The van der Waals surface area contributed by atoms with Gasteiger partial charge in [-0.1, -0.05) is 19.1 Å². The van der Waals surface area contributed by atoms with Gasteiger partial charge in [-0.3, -0.25) is 9.59 Å². The van der Waals surface area contributed by atoms with E-state index in [0.717, 1.165) is 35.8 Å². The molecule has 0 radical (unpaired) electrons. The number of anilines is 1. The van der Waals surface area contributed by atoms with Gasteiger partial charge < -0.3 is 19.2 Å². The zero-order valence-electron chi connectivity index (χ0n) is 19.1. The second kappa shape index (κ2) is 9.80. The second-order valence-electron chi connectivity index (χ2n) is 8.61. The molecule has 2 heterocycles. The van der Waals surface area contributed by atoms with Crippen molar-refractivity contribution in [2.24, 2.45) is 5.92 Å². The van der Waals surface area contributed by atoms with Crippen molar-refractivity contribution >= 4 is 45.2 Å². The molecule has 0 saturated heterocycles. The van der Waals surface area contributed by atoms with Gasteiger partial charge in [-0.2, -0.15) is 0 Å². The molecule has 8 nitrogen and oxygen atoms in total. The van der Waals surface area contributed by atoms with Gasteiger partial charge in [0.1, 0.15) is 10.6 Å². The number of benzene rings is 1. The molecule has 1 atom stereocenters. The Hall–Kier alpha value is -3.46. The first-order valence-electron chi connectivity index (χ1n) is 11.1. The molecule has 4 rings (SSSR count). The molecule has 1 N–H and O–H groups in total. The van der Waals surface area contributed by atoms with Crippen LogP contribution in [0.1, 0.15) is 58.5 Å². The van der Waals surface area contributed by atoms with Crippen LogP contribution in [0.2, 0.25) is 0 Å². The summed E-state index contributed by atoms with van der Waals surface area (Å²) in [5, 5.41) is 3.43. The summed E-state index contributed by atoms with van der Waals surface area (Å²) in [5.74, 6) is -1.83. The number of thiophene rings is 1. The molecule has 34 heavy (non-hydrogen) atoms. The van der Waals surface area contributed by atoms with E-state index in [1.165, 1.54) is 11.3 Å². The van der Waals surface area contributed by atoms with E-state index >= 15 is 0 Å². The minimum atomic E-state index is -0.934. The SMILES string of the molecule is CC1CCc2c(sc(NC(=O)COC(=O)c3cc(=O)c4ccccc4o3)c2C(=O)OC(C)C)C1. The van der Waals surface area contributed by atoms with Crippen molar-refractivity contribution in [3.05, 3.63) is 62.3 Å². The predicted octanol–water partition coefficient (Wildman–Crippen LogP) is 4.34. The van der Waals surface area contributed by atoms with Crippen LogP contribution in [0, 0.1) is 5.92 Å². The Morgan fingerprint density at radius 1 is 1.21 bits per heavy atom. The maximum absolute atomic E-state index is 12.8. The number of rotatable bonds is 6. The summed E-state index contributed by atoms with van der Waals surface area (Å²) in [7, 11) is 0. The smallest absolute Gasteiger partial charge is 0.374 e. The van der Waals surface area contributed by atoms with E-state index in [4.69, 9.17) is 13.9 Å². The van der Waals surface area contributed by atoms with E-state index in [2.05, 4.69) is 12.2 Å². The topological polar surface area (TPSA) is 112 Å². The van der Waals surface area contributed by atoms with Gasteiger partial charge in [0.25, 0.3) is 5.91 Å². The van der Waals surface area contributed by atoms with Crippen LogP contribution in [-0.2, 0) is 27.1 Å². The molecule has 0 spiro atoms. The summed E-state index contributed by atoms with van der Waals surface area (Å²) in [6, 6.07) is 7.56.